The number of rotatable bonds is 6. The van der Waals surface area contributed by atoms with E-state index in [-0.39, 0.29) is 28.7 Å². The maximum atomic E-state index is 12.8. The predicted molar refractivity (Wildman–Crippen MR) is 91.0 cm³/mol. The monoisotopic (exact) mass is 341 g/mol. The molecule has 2 atom stereocenters. The number of fused-ring (bicyclic) bond motifs is 1. The van der Waals surface area contributed by atoms with Crippen molar-refractivity contribution in [3.8, 4) is 0 Å². The maximum absolute atomic E-state index is 12.8. The summed E-state index contributed by atoms with van der Waals surface area (Å²) >= 11 is 1.59. The van der Waals surface area contributed by atoms with Gasteiger partial charge in [0.2, 0.25) is 5.91 Å². The Morgan fingerprint density at radius 1 is 1.36 bits per heavy atom. The van der Waals surface area contributed by atoms with Gasteiger partial charge >= 0.3 is 0 Å². The number of hydrogen-bond donors (Lipinski definition) is 0. The van der Waals surface area contributed by atoms with Crippen molar-refractivity contribution in [1.29, 1.82) is 0 Å². The van der Waals surface area contributed by atoms with E-state index in [1.165, 1.54) is 5.56 Å². The minimum Gasteiger partial charge on any atom is -0.338 e. The highest BCUT2D eigenvalue weighted by Gasteiger charge is 2.33. The fourth-order valence-electron chi connectivity index (χ4n) is 2.76. The number of sulfone groups is 1. The zero-order valence-corrected chi connectivity index (χ0v) is 14.9. The molecule has 1 aromatic carbocycles. The Morgan fingerprint density at radius 3 is 2.64 bits per heavy atom. The van der Waals surface area contributed by atoms with E-state index in [1.54, 1.807) is 23.6 Å². The average molecular weight is 341 g/mol. The van der Waals surface area contributed by atoms with Crippen LogP contribution in [0.5, 0.6) is 0 Å². The molecule has 0 aliphatic carbocycles. The van der Waals surface area contributed by atoms with Crippen molar-refractivity contribution in [2.45, 2.75) is 43.4 Å². The van der Waals surface area contributed by atoms with Gasteiger partial charge in [0.25, 0.3) is 0 Å². The molecule has 1 aromatic rings. The molecule has 0 fully saturated rings. The molecular weight excluding hydrogens is 318 g/mol. The lowest BCUT2D eigenvalue weighted by Gasteiger charge is -2.30. The molecule has 0 bridgehead atoms. The molecule has 2 rings (SSSR count). The number of benzene rings is 1. The third-order valence-electron chi connectivity index (χ3n) is 4.01. The molecule has 0 radical (unpaired) electrons. The Balaban J connectivity index is 2.07. The van der Waals surface area contributed by atoms with Gasteiger partial charge < -0.3 is 4.90 Å². The Morgan fingerprint density at radius 2 is 2.05 bits per heavy atom. The standard InChI is InChI=1S/C16H23NO3S2/c1-4-17(12(3)11-22(19,20)5-2)16(18)15-10-13-8-6-7-9-14(13)21-15/h6-9,12,15H,4-5,10-11H2,1-3H3. The van der Waals surface area contributed by atoms with Crippen molar-refractivity contribution in [1.82, 2.24) is 4.90 Å². The number of carbonyl (C=O) groups is 1. The van der Waals surface area contributed by atoms with Crippen LogP contribution in [0.15, 0.2) is 29.2 Å². The Kier molecular flexibility index (Phi) is 5.55. The van der Waals surface area contributed by atoms with Gasteiger partial charge in [-0.25, -0.2) is 8.42 Å². The van der Waals surface area contributed by atoms with E-state index in [0.717, 1.165) is 11.3 Å². The Labute approximate surface area is 137 Å². The van der Waals surface area contributed by atoms with Crippen molar-refractivity contribution in [3.63, 3.8) is 0 Å². The summed E-state index contributed by atoms with van der Waals surface area (Å²) in [5, 5.41) is -0.135. The summed E-state index contributed by atoms with van der Waals surface area (Å²) in [6.07, 6.45) is 0.726. The molecule has 0 N–H and O–H groups in total. The van der Waals surface area contributed by atoms with Gasteiger partial charge in [0, 0.05) is 23.2 Å². The van der Waals surface area contributed by atoms with Crippen LogP contribution in [0.3, 0.4) is 0 Å². The molecular formula is C16H23NO3S2. The summed E-state index contributed by atoms with van der Waals surface area (Å²) in [5.41, 5.74) is 1.20. The molecule has 2 unspecified atom stereocenters. The van der Waals surface area contributed by atoms with Crippen molar-refractivity contribution < 1.29 is 13.2 Å². The van der Waals surface area contributed by atoms with Crippen molar-refractivity contribution in [3.05, 3.63) is 29.8 Å². The lowest BCUT2D eigenvalue weighted by molar-refractivity contribution is -0.131. The summed E-state index contributed by atoms with van der Waals surface area (Å²) in [7, 11) is -3.09. The molecule has 6 heteroatoms. The first-order valence-electron chi connectivity index (χ1n) is 7.63. The van der Waals surface area contributed by atoms with E-state index in [0.29, 0.717) is 6.54 Å². The zero-order valence-electron chi connectivity index (χ0n) is 13.3. The molecule has 1 heterocycles. The SMILES string of the molecule is CCN(C(=O)C1Cc2ccccc2S1)C(C)CS(=O)(=O)CC. The van der Waals surface area contributed by atoms with E-state index in [9.17, 15) is 13.2 Å². The lowest BCUT2D eigenvalue weighted by atomic mass is 10.1. The molecule has 0 saturated carbocycles. The molecule has 0 aromatic heterocycles. The van der Waals surface area contributed by atoms with E-state index < -0.39 is 9.84 Å². The Hall–Kier alpha value is -1.01. The van der Waals surface area contributed by atoms with Gasteiger partial charge in [0.15, 0.2) is 9.84 Å². The smallest absolute Gasteiger partial charge is 0.236 e. The molecule has 22 heavy (non-hydrogen) atoms. The van der Waals surface area contributed by atoms with Crippen LogP contribution in [-0.2, 0) is 21.1 Å². The lowest BCUT2D eigenvalue weighted by Crippen LogP contribution is -2.46. The fourth-order valence-corrected chi connectivity index (χ4v) is 5.18. The second-order valence-corrected chi connectivity index (χ2v) is 9.23. The van der Waals surface area contributed by atoms with Crippen molar-refractivity contribution in [2.24, 2.45) is 0 Å². The van der Waals surface area contributed by atoms with Crippen LogP contribution in [0, 0.1) is 0 Å². The van der Waals surface area contributed by atoms with Crippen LogP contribution >= 0.6 is 11.8 Å². The first-order valence-corrected chi connectivity index (χ1v) is 10.3. The predicted octanol–water partition coefficient (Wildman–Crippen LogP) is 2.38. The van der Waals surface area contributed by atoms with Crippen LogP contribution in [0.25, 0.3) is 0 Å². The van der Waals surface area contributed by atoms with Gasteiger partial charge in [-0.2, -0.15) is 0 Å². The van der Waals surface area contributed by atoms with Gasteiger partial charge in [0.1, 0.15) is 0 Å². The van der Waals surface area contributed by atoms with Crippen LogP contribution in [-0.4, -0.2) is 48.6 Å². The number of hydrogen-bond acceptors (Lipinski definition) is 4. The molecule has 0 spiro atoms. The largest absolute Gasteiger partial charge is 0.338 e. The van der Waals surface area contributed by atoms with Gasteiger partial charge in [0.05, 0.1) is 11.0 Å². The van der Waals surface area contributed by atoms with Gasteiger partial charge in [-0.1, -0.05) is 25.1 Å². The molecule has 1 aliphatic rings. The second-order valence-electron chi connectivity index (χ2n) is 5.59. The number of nitrogens with zero attached hydrogens (tertiary/aromatic N) is 1. The van der Waals surface area contributed by atoms with Gasteiger partial charge in [-0.3, -0.25) is 4.79 Å². The summed E-state index contributed by atoms with van der Waals surface area (Å²) < 4.78 is 23.6. The topological polar surface area (TPSA) is 54.5 Å². The number of carbonyl (C=O) groups excluding carboxylic acids is 1. The zero-order chi connectivity index (χ0) is 16.3. The van der Waals surface area contributed by atoms with E-state index in [2.05, 4.69) is 6.07 Å². The van der Waals surface area contributed by atoms with E-state index in [4.69, 9.17) is 0 Å². The molecule has 122 valence electrons. The summed E-state index contributed by atoms with van der Waals surface area (Å²) in [4.78, 5) is 15.6. The third-order valence-corrected chi connectivity index (χ3v) is 7.19. The molecule has 0 saturated heterocycles. The van der Waals surface area contributed by atoms with Crippen LogP contribution in [0.2, 0.25) is 0 Å². The van der Waals surface area contributed by atoms with Crippen LogP contribution in [0.1, 0.15) is 26.3 Å². The fraction of sp³-hybridized carbons (Fsp3) is 0.562. The molecule has 1 amide bonds. The van der Waals surface area contributed by atoms with Gasteiger partial charge in [-0.15, -0.1) is 11.8 Å². The molecule has 4 nitrogen and oxygen atoms in total. The number of thioether (sulfide) groups is 1. The molecule has 1 aliphatic heterocycles. The van der Waals surface area contributed by atoms with E-state index >= 15 is 0 Å². The van der Waals surface area contributed by atoms with Crippen molar-refractivity contribution >= 4 is 27.5 Å². The first-order chi connectivity index (χ1) is 10.4. The van der Waals surface area contributed by atoms with Crippen LogP contribution < -0.4 is 0 Å². The summed E-state index contributed by atoms with van der Waals surface area (Å²) in [5.74, 6) is 0.197. The quantitative estimate of drug-likeness (QED) is 0.797. The first kappa shape index (κ1) is 17.3. The second kappa shape index (κ2) is 7.04. The summed E-state index contributed by atoms with van der Waals surface area (Å²) in [6, 6.07) is 7.77. The van der Waals surface area contributed by atoms with E-state index in [1.807, 2.05) is 32.0 Å². The maximum Gasteiger partial charge on any atom is 0.236 e. The minimum absolute atomic E-state index is 0.0351. The highest BCUT2D eigenvalue weighted by molar-refractivity contribution is 8.01. The van der Waals surface area contributed by atoms with Gasteiger partial charge in [-0.05, 0) is 31.9 Å². The normalized spacial score (nSPS) is 18.8. The van der Waals surface area contributed by atoms with Crippen molar-refractivity contribution in [2.75, 3.05) is 18.1 Å². The summed E-state index contributed by atoms with van der Waals surface area (Å²) in [6.45, 7) is 5.90. The third kappa shape index (κ3) is 3.84. The average Bonchev–Trinajstić information content (AvgIpc) is 2.91. The number of amides is 1. The Bertz CT molecular complexity index is 618. The highest BCUT2D eigenvalue weighted by Crippen LogP contribution is 2.37. The minimum atomic E-state index is -3.09. The highest BCUT2D eigenvalue weighted by atomic mass is 32.2. The van der Waals surface area contributed by atoms with Crippen LogP contribution in [0.4, 0.5) is 0 Å².